The van der Waals surface area contributed by atoms with Gasteiger partial charge >= 0.3 is 5.97 Å². The van der Waals surface area contributed by atoms with E-state index in [2.05, 4.69) is 5.32 Å². The number of aliphatic carboxylic acids is 1. The topological polar surface area (TPSA) is 69.6 Å². The van der Waals surface area contributed by atoms with E-state index in [1.54, 1.807) is 4.90 Å². The van der Waals surface area contributed by atoms with Crippen molar-refractivity contribution in [3.05, 3.63) is 0 Å². The van der Waals surface area contributed by atoms with Gasteiger partial charge in [-0.25, -0.2) is 0 Å². The van der Waals surface area contributed by atoms with Gasteiger partial charge in [0.15, 0.2) is 0 Å². The van der Waals surface area contributed by atoms with Crippen LogP contribution < -0.4 is 5.32 Å². The largest absolute Gasteiger partial charge is 0.481 e. The summed E-state index contributed by atoms with van der Waals surface area (Å²) >= 11 is 2.00. The predicted molar refractivity (Wildman–Crippen MR) is 79.9 cm³/mol. The van der Waals surface area contributed by atoms with Crippen LogP contribution in [0, 0.1) is 5.92 Å². The highest BCUT2D eigenvalue weighted by atomic mass is 32.2. The van der Waals surface area contributed by atoms with Crippen molar-refractivity contribution < 1.29 is 14.7 Å². The van der Waals surface area contributed by atoms with Gasteiger partial charge in [0.05, 0.1) is 12.5 Å². The van der Waals surface area contributed by atoms with Crippen LogP contribution in [0.2, 0.25) is 0 Å². The van der Waals surface area contributed by atoms with Gasteiger partial charge in [-0.15, -0.1) is 0 Å². The van der Waals surface area contributed by atoms with E-state index in [0.717, 1.165) is 6.54 Å². The van der Waals surface area contributed by atoms with Gasteiger partial charge in [0.2, 0.25) is 5.91 Å². The van der Waals surface area contributed by atoms with Crippen LogP contribution in [-0.4, -0.2) is 59.1 Å². The molecule has 0 aromatic rings. The lowest BCUT2D eigenvalue weighted by Crippen LogP contribution is -2.44. The number of amides is 1. The molecule has 0 aromatic carbocycles. The molecule has 1 amide bonds. The van der Waals surface area contributed by atoms with Crippen molar-refractivity contribution in [1.29, 1.82) is 0 Å². The maximum atomic E-state index is 12.0. The molecule has 2 heterocycles. The average molecular weight is 300 g/mol. The Labute approximate surface area is 124 Å². The molecule has 5 nitrogen and oxygen atoms in total. The van der Waals surface area contributed by atoms with E-state index >= 15 is 0 Å². The van der Waals surface area contributed by atoms with Crippen LogP contribution in [0.4, 0.5) is 0 Å². The van der Waals surface area contributed by atoms with Gasteiger partial charge in [0, 0.05) is 24.9 Å². The molecule has 2 rings (SSSR count). The lowest BCUT2D eigenvalue weighted by molar-refractivity contribution is -0.145. The zero-order valence-electron chi connectivity index (χ0n) is 11.8. The van der Waals surface area contributed by atoms with Crippen LogP contribution >= 0.6 is 11.8 Å². The number of thioether (sulfide) groups is 1. The molecule has 0 aliphatic carbocycles. The molecular weight excluding hydrogens is 276 g/mol. The van der Waals surface area contributed by atoms with Crippen LogP contribution in [0.15, 0.2) is 0 Å². The minimum absolute atomic E-state index is 0.106. The first-order chi connectivity index (χ1) is 9.66. The molecule has 2 N–H and O–H groups in total. The second kappa shape index (κ2) is 7.88. The molecule has 114 valence electrons. The van der Waals surface area contributed by atoms with E-state index in [9.17, 15) is 9.59 Å². The maximum Gasteiger partial charge on any atom is 0.306 e. The van der Waals surface area contributed by atoms with Crippen LogP contribution in [0.3, 0.4) is 0 Å². The summed E-state index contributed by atoms with van der Waals surface area (Å²) in [6.45, 7) is 2.45. The zero-order chi connectivity index (χ0) is 14.4. The zero-order valence-corrected chi connectivity index (χ0v) is 12.7. The number of likely N-dealkylation sites (tertiary alicyclic amines) is 1. The van der Waals surface area contributed by atoms with Crippen molar-refractivity contribution in [3.63, 3.8) is 0 Å². The molecule has 6 heteroatoms. The maximum absolute atomic E-state index is 12.0. The van der Waals surface area contributed by atoms with E-state index in [-0.39, 0.29) is 11.8 Å². The third kappa shape index (κ3) is 4.66. The fourth-order valence-corrected chi connectivity index (χ4v) is 4.07. The van der Waals surface area contributed by atoms with Gasteiger partial charge in [-0.3, -0.25) is 9.59 Å². The lowest BCUT2D eigenvalue weighted by Gasteiger charge is -2.30. The average Bonchev–Trinajstić information content (AvgIpc) is 2.48. The Morgan fingerprint density at radius 2 is 1.95 bits per heavy atom. The summed E-state index contributed by atoms with van der Waals surface area (Å²) in [6.07, 6.45) is 5.03. The fourth-order valence-electron chi connectivity index (χ4n) is 2.80. The summed E-state index contributed by atoms with van der Waals surface area (Å²) in [6, 6.07) is 0. The summed E-state index contributed by atoms with van der Waals surface area (Å²) in [5, 5.41) is 12.8. The summed E-state index contributed by atoms with van der Waals surface area (Å²) in [5.74, 6) is 0.341. The standard InChI is InChI=1S/C14H24N2O3S/c17-13(10-15-9-12-3-1-2-8-20-12)16-6-4-11(5-7-16)14(18)19/h11-12,15H,1-10H2,(H,18,19). The third-order valence-corrected chi connectivity index (χ3v) is 5.52. The highest BCUT2D eigenvalue weighted by Gasteiger charge is 2.26. The number of carbonyl (C=O) groups is 2. The van der Waals surface area contributed by atoms with Gasteiger partial charge in [0.25, 0.3) is 0 Å². The van der Waals surface area contributed by atoms with E-state index in [0.29, 0.717) is 37.7 Å². The molecule has 0 bridgehead atoms. The quantitative estimate of drug-likeness (QED) is 0.798. The van der Waals surface area contributed by atoms with Gasteiger partial charge < -0.3 is 15.3 Å². The van der Waals surface area contributed by atoms with E-state index in [1.165, 1.54) is 25.0 Å². The Morgan fingerprint density at radius 1 is 1.20 bits per heavy atom. The molecule has 1 atom stereocenters. The number of nitrogens with one attached hydrogen (secondary N) is 1. The molecule has 2 aliphatic rings. The second-order valence-corrected chi connectivity index (χ2v) is 7.02. The lowest BCUT2D eigenvalue weighted by atomic mass is 9.97. The first-order valence-corrected chi connectivity index (χ1v) is 8.54. The first-order valence-electron chi connectivity index (χ1n) is 7.49. The van der Waals surface area contributed by atoms with Crippen LogP contribution in [0.5, 0.6) is 0 Å². The van der Waals surface area contributed by atoms with Crippen LogP contribution in [-0.2, 0) is 9.59 Å². The highest BCUT2D eigenvalue weighted by Crippen LogP contribution is 2.24. The van der Waals surface area contributed by atoms with Crippen molar-refractivity contribution in [2.24, 2.45) is 5.92 Å². The summed E-state index contributed by atoms with van der Waals surface area (Å²) in [5.41, 5.74) is 0. The van der Waals surface area contributed by atoms with E-state index in [1.807, 2.05) is 11.8 Å². The molecule has 0 spiro atoms. The minimum Gasteiger partial charge on any atom is -0.481 e. The molecule has 1 unspecified atom stereocenters. The van der Waals surface area contributed by atoms with Crippen LogP contribution in [0.1, 0.15) is 32.1 Å². The smallest absolute Gasteiger partial charge is 0.306 e. The Hall–Kier alpha value is -0.750. The molecule has 0 saturated carbocycles. The van der Waals surface area contributed by atoms with E-state index in [4.69, 9.17) is 5.11 Å². The summed E-state index contributed by atoms with van der Waals surface area (Å²) < 4.78 is 0. The number of rotatable bonds is 5. The molecule has 2 fully saturated rings. The minimum atomic E-state index is -0.732. The molecular formula is C14H24N2O3S. The second-order valence-electron chi connectivity index (χ2n) is 5.61. The first kappa shape index (κ1) is 15.6. The molecule has 0 aromatic heterocycles. The fraction of sp³-hybridized carbons (Fsp3) is 0.857. The summed E-state index contributed by atoms with van der Waals surface area (Å²) in [4.78, 5) is 24.7. The highest BCUT2D eigenvalue weighted by molar-refractivity contribution is 7.99. The van der Waals surface area contributed by atoms with Gasteiger partial charge in [-0.1, -0.05) is 6.42 Å². The number of carboxylic acid groups (broad SMARTS) is 1. The van der Waals surface area contributed by atoms with E-state index < -0.39 is 5.97 Å². The number of carbonyl (C=O) groups excluding carboxylic acids is 1. The SMILES string of the molecule is O=C(O)C1CCN(C(=O)CNCC2CCCCS2)CC1. The molecule has 0 radical (unpaired) electrons. The number of hydrogen-bond donors (Lipinski definition) is 2. The number of nitrogens with zero attached hydrogens (tertiary/aromatic N) is 1. The van der Waals surface area contributed by atoms with Crippen molar-refractivity contribution in [2.45, 2.75) is 37.4 Å². The Morgan fingerprint density at radius 3 is 2.55 bits per heavy atom. The number of carboxylic acids is 1. The Balaban J connectivity index is 1.61. The number of piperidine rings is 1. The molecule has 2 aliphatic heterocycles. The number of hydrogen-bond acceptors (Lipinski definition) is 4. The van der Waals surface area contributed by atoms with Crippen LogP contribution in [0.25, 0.3) is 0 Å². The van der Waals surface area contributed by atoms with Crippen molar-refractivity contribution in [1.82, 2.24) is 10.2 Å². The van der Waals surface area contributed by atoms with Crippen molar-refractivity contribution in [3.8, 4) is 0 Å². The Kier molecular flexibility index (Phi) is 6.16. The summed E-state index contributed by atoms with van der Waals surface area (Å²) in [7, 11) is 0. The predicted octanol–water partition coefficient (Wildman–Crippen LogP) is 1.18. The third-order valence-electron chi connectivity index (χ3n) is 4.12. The Bertz CT molecular complexity index is 337. The van der Waals surface area contributed by atoms with Gasteiger partial charge in [0.1, 0.15) is 0 Å². The normalized spacial score (nSPS) is 24.6. The van der Waals surface area contributed by atoms with Crippen molar-refractivity contribution in [2.75, 3.05) is 31.9 Å². The molecule has 2 saturated heterocycles. The van der Waals surface area contributed by atoms with Gasteiger partial charge in [-0.2, -0.15) is 11.8 Å². The van der Waals surface area contributed by atoms with Gasteiger partial charge in [-0.05, 0) is 31.4 Å². The monoisotopic (exact) mass is 300 g/mol. The molecule has 20 heavy (non-hydrogen) atoms. The van der Waals surface area contributed by atoms with Crippen molar-refractivity contribution >= 4 is 23.6 Å².